The second kappa shape index (κ2) is 7.10. The number of aryl methyl sites for hydroxylation is 1. The van der Waals surface area contributed by atoms with Gasteiger partial charge in [-0.15, -0.1) is 0 Å². The number of carbonyl (C=O) groups is 1. The number of rotatable bonds is 5. The first-order valence-electron chi connectivity index (χ1n) is 8.81. The van der Waals surface area contributed by atoms with Gasteiger partial charge >= 0.3 is 0 Å². The lowest BCUT2D eigenvalue weighted by atomic mass is 10.1. The first kappa shape index (κ1) is 17.1. The van der Waals surface area contributed by atoms with Crippen molar-refractivity contribution in [3.8, 4) is 0 Å². The molecule has 0 saturated carbocycles. The molecule has 0 bridgehead atoms. The molecule has 9 nitrogen and oxygen atoms in total. The second-order valence-corrected chi connectivity index (χ2v) is 6.53. The summed E-state index contributed by atoms with van der Waals surface area (Å²) >= 11 is 0. The van der Waals surface area contributed by atoms with Crippen LogP contribution in [0.3, 0.4) is 0 Å². The average molecular weight is 367 g/mol. The number of furan rings is 1. The van der Waals surface area contributed by atoms with Crippen LogP contribution in [0.4, 0.5) is 17.5 Å². The molecule has 1 aliphatic rings. The van der Waals surface area contributed by atoms with Gasteiger partial charge in [-0.2, -0.15) is 10.1 Å². The maximum atomic E-state index is 11.9. The summed E-state index contributed by atoms with van der Waals surface area (Å²) in [4.78, 5) is 22.8. The number of carbonyl (C=O) groups excluding carboxylic acids is 1. The molecule has 3 aromatic rings. The van der Waals surface area contributed by atoms with Crippen molar-refractivity contribution in [1.29, 1.82) is 0 Å². The van der Waals surface area contributed by atoms with Crippen LogP contribution in [0.25, 0.3) is 11.1 Å². The van der Waals surface area contributed by atoms with Gasteiger partial charge in [0.2, 0.25) is 11.9 Å². The summed E-state index contributed by atoms with van der Waals surface area (Å²) in [6.07, 6.45) is 8.36. The van der Waals surface area contributed by atoms with Gasteiger partial charge < -0.3 is 20.0 Å². The number of hydrogen-bond donors (Lipinski definition) is 2. The summed E-state index contributed by atoms with van der Waals surface area (Å²) in [5.74, 6) is 1.01. The van der Waals surface area contributed by atoms with Crippen molar-refractivity contribution >= 4 is 34.5 Å². The number of nitrogens with one attached hydrogen (secondary N) is 2. The van der Waals surface area contributed by atoms with Crippen LogP contribution in [0, 0.1) is 0 Å². The monoisotopic (exact) mass is 367 g/mol. The third kappa shape index (κ3) is 3.62. The number of hydrogen-bond acceptors (Lipinski definition) is 7. The molecule has 1 fully saturated rings. The fourth-order valence-electron chi connectivity index (χ4n) is 3.25. The fourth-order valence-corrected chi connectivity index (χ4v) is 3.25. The molecule has 4 rings (SSSR count). The van der Waals surface area contributed by atoms with Gasteiger partial charge in [0.25, 0.3) is 0 Å². The number of aromatic nitrogens is 4. The Balaban J connectivity index is 1.57. The number of nitrogens with zero attached hydrogens (tertiary/aromatic N) is 5. The van der Waals surface area contributed by atoms with Crippen LogP contribution in [-0.4, -0.2) is 49.7 Å². The van der Waals surface area contributed by atoms with Crippen molar-refractivity contribution in [3.05, 3.63) is 37.4 Å². The normalized spacial score (nSPS) is 17.1. The Morgan fingerprint density at radius 3 is 3.11 bits per heavy atom. The quantitative estimate of drug-likeness (QED) is 0.667. The molecule has 0 radical (unpaired) electrons. The van der Waals surface area contributed by atoms with Crippen LogP contribution in [0.2, 0.25) is 0 Å². The zero-order chi connectivity index (χ0) is 18.8. The van der Waals surface area contributed by atoms with E-state index in [1.165, 1.54) is 6.08 Å². The van der Waals surface area contributed by atoms with E-state index in [1.807, 2.05) is 13.2 Å². The lowest BCUT2D eigenvalue weighted by molar-refractivity contribution is -0.127. The van der Waals surface area contributed by atoms with E-state index in [9.17, 15) is 4.79 Å². The Labute approximate surface area is 156 Å². The Morgan fingerprint density at radius 1 is 1.44 bits per heavy atom. The highest BCUT2D eigenvalue weighted by Gasteiger charge is 2.24. The molecule has 1 atom stereocenters. The predicted molar refractivity (Wildman–Crippen MR) is 102 cm³/mol. The first-order chi connectivity index (χ1) is 13.1. The third-order valence-corrected chi connectivity index (χ3v) is 4.51. The molecule has 3 aromatic heterocycles. The summed E-state index contributed by atoms with van der Waals surface area (Å²) in [7, 11) is 1.84. The summed E-state index contributed by atoms with van der Waals surface area (Å²) in [5.41, 5.74) is 2.10. The average Bonchev–Trinajstić information content (AvgIpc) is 3.30. The van der Waals surface area contributed by atoms with Crippen molar-refractivity contribution in [2.24, 2.45) is 7.05 Å². The number of piperidine rings is 1. The lowest BCUT2D eigenvalue weighted by Gasteiger charge is -2.32. The Kier molecular flexibility index (Phi) is 4.49. The lowest BCUT2D eigenvalue weighted by Crippen LogP contribution is -2.44. The minimum Gasteiger partial charge on any atom is -0.459 e. The Bertz CT molecular complexity index is 977. The number of likely N-dealkylation sites (tertiary alicyclic amines) is 1. The zero-order valence-electron chi connectivity index (χ0n) is 15.1. The molecule has 0 aromatic carbocycles. The second-order valence-electron chi connectivity index (χ2n) is 6.53. The van der Waals surface area contributed by atoms with Crippen LogP contribution < -0.4 is 10.6 Å². The SMILES string of the molecule is C=CC(=O)N1CCCC(Nc2nc(Nc3cnn(C)c3)nc3ccoc23)C1. The standard InChI is InChI=1S/C18H21N7O2/c1-3-15(26)25-7-4-5-12(11-25)20-17-16-14(6-8-27-16)22-18(23-17)21-13-9-19-24(2)10-13/h3,6,8-10,12H,1,4-5,7,11H2,2H3,(H2,20,21,22,23). The van der Waals surface area contributed by atoms with E-state index in [0.29, 0.717) is 29.4 Å². The number of anilines is 3. The Hall–Kier alpha value is -3.36. The van der Waals surface area contributed by atoms with Crippen LogP contribution in [0.1, 0.15) is 12.8 Å². The molecular weight excluding hydrogens is 346 g/mol. The maximum Gasteiger partial charge on any atom is 0.246 e. The largest absolute Gasteiger partial charge is 0.459 e. The van der Waals surface area contributed by atoms with Gasteiger partial charge in [-0.3, -0.25) is 9.48 Å². The highest BCUT2D eigenvalue weighted by molar-refractivity contribution is 5.87. The van der Waals surface area contributed by atoms with Crippen LogP contribution in [0.15, 0.2) is 41.8 Å². The van der Waals surface area contributed by atoms with E-state index in [2.05, 4.69) is 32.3 Å². The molecule has 1 unspecified atom stereocenters. The van der Waals surface area contributed by atoms with E-state index < -0.39 is 0 Å². The van der Waals surface area contributed by atoms with Crippen LogP contribution in [-0.2, 0) is 11.8 Å². The summed E-state index contributed by atoms with van der Waals surface area (Å²) < 4.78 is 7.27. The van der Waals surface area contributed by atoms with Crippen molar-refractivity contribution in [2.75, 3.05) is 23.7 Å². The minimum absolute atomic E-state index is 0.0498. The number of fused-ring (bicyclic) bond motifs is 1. The molecule has 1 aliphatic heterocycles. The van der Waals surface area contributed by atoms with Gasteiger partial charge in [0.1, 0.15) is 5.52 Å². The zero-order valence-corrected chi connectivity index (χ0v) is 15.1. The van der Waals surface area contributed by atoms with E-state index in [1.54, 1.807) is 28.1 Å². The maximum absolute atomic E-state index is 11.9. The van der Waals surface area contributed by atoms with Crippen molar-refractivity contribution in [2.45, 2.75) is 18.9 Å². The van der Waals surface area contributed by atoms with Crippen LogP contribution in [0.5, 0.6) is 0 Å². The molecule has 9 heteroatoms. The predicted octanol–water partition coefficient (Wildman–Crippen LogP) is 2.29. The van der Waals surface area contributed by atoms with E-state index in [4.69, 9.17) is 4.42 Å². The third-order valence-electron chi connectivity index (χ3n) is 4.51. The van der Waals surface area contributed by atoms with Gasteiger partial charge in [0.05, 0.1) is 18.1 Å². The van der Waals surface area contributed by atoms with Crippen molar-refractivity contribution < 1.29 is 9.21 Å². The summed E-state index contributed by atoms with van der Waals surface area (Å²) in [5, 5.41) is 10.7. The van der Waals surface area contributed by atoms with E-state index in [-0.39, 0.29) is 11.9 Å². The molecule has 0 aliphatic carbocycles. The van der Waals surface area contributed by atoms with Gasteiger partial charge in [0, 0.05) is 38.4 Å². The molecule has 140 valence electrons. The highest BCUT2D eigenvalue weighted by atomic mass is 16.3. The van der Waals surface area contributed by atoms with E-state index in [0.717, 1.165) is 25.1 Å². The fraction of sp³-hybridized carbons (Fsp3) is 0.333. The Morgan fingerprint density at radius 2 is 2.33 bits per heavy atom. The first-order valence-corrected chi connectivity index (χ1v) is 8.81. The summed E-state index contributed by atoms with van der Waals surface area (Å²) in [6.45, 7) is 4.92. The number of amides is 1. The molecule has 2 N–H and O–H groups in total. The molecule has 4 heterocycles. The minimum atomic E-state index is -0.0498. The topological polar surface area (TPSA) is 101 Å². The van der Waals surface area contributed by atoms with Crippen LogP contribution >= 0.6 is 0 Å². The van der Waals surface area contributed by atoms with Gasteiger partial charge in [-0.1, -0.05) is 6.58 Å². The molecule has 27 heavy (non-hydrogen) atoms. The summed E-state index contributed by atoms with van der Waals surface area (Å²) in [6, 6.07) is 1.88. The molecule has 1 saturated heterocycles. The van der Waals surface area contributed by atoms with Gasteiger partial charge in [0.15, 0.2) is 11.4 Å². The smallest absolute Gasteiger partial charge is 0.246 e. The molecular formula is C18H21N7O2. The molecule has 0 spiro atoms. The highest BCUT2D eigenvalue weighted by Crippen LogP contribution is 2.26. The van der Waals surface area contributed by atoms with Gasteiger partial charge in [-0.25, -0.2) is 4.98 Å². The van der Waals surface area contributed by atoms with Crippen molar-refractivity contribution in [1.82, 2.24) is 24.6 Å². The van der Waals surface area contributed by atoms with Crippen molar-refractivity contribution in [3.63, 3.8) is 0 Å². The van der Waals surface area contributed by atoms with Gasteiger partial charge in [-0.05, 0) is 18.9 Å². The molecule has 1 amide bonds. The van der Waals surface area contributed by atoms with E-state index >= 15 is 0 Å².